The van der Waals surface area contributed by atoms with E-state index in [4.69, 9.17) is 21.1 Å². The lowest BCUT2D eigenvalue weighted by Gasteiger charge is -2.36. The molecule has 0 spiro atoms. The second kappa shape index (κ2) is 9.15. The van der Waals surface area contributed by atoms with Crippen LogP contribution in [-0.4, -0.2) is 60.0 Å². The molecule has 0 atom stereocenters. The molecule has 2 aliphatic rings. The maximum absolute atomic E-state index is 12.8. The van der Waals surface area contributed by atoms with Crippen LogP contribution in [0.1, 0.15) is 5.56 Å². The minimum absolute atomic E-state index is 0.0510. The van der Waals surface area contributed by atoms with Crippen LogP contribution < -0.4 is 19.9 Å². The van der Waals surface area contributed by atoms with Crippen LogP contribution in [0.2, 0.25) is 5.02 Å². The number of piperazine rings is 1. The van der Waals surface area contributed by atoms with Gasteiger partial charge in [-0.15, -0.1) is 0 Å². The molecule has 0 unspecified atom stereocenters. The van der Waals surface area contributed by atoms with Gasteiger partial charge >= 0.3 is 0 Å². The highest BCUT2D eigenvalue weighted by molar-refractivity contribution is 6.33. The number of carbonyl (C=O) groups is 1. The number of rotatable bonds is 4. The van der Waals surface area contributed by atoms with E-state index in [1.54, 1.807) is 18.3 Å². The summed E-state index contributed by atoms with van der Waals surface area (Å²) in [4.78, 5) is 29.4. The third-order valence-electron chi connectivity index (χ3n) is 5.84. The molecule has 1 saturated heterocycles. The van der Waals surface area contributed by atoms with Gasteiger partial charge in [0.2, 0.25) is 5.91 Å². The molecule has 0 radical (unpaired) electrons. The first-order valence-corrected chi connectivity index (χ1v) is 11.2. The summed E-state index contributed by atoms with van der Waals surface area (Å²) in [6.07, 6.45) is 1.91. The SMILES string of the molecule is O=C(Cc1ccc2c(c1)OCCO2)N1CCN(c2cnn(-c3ccccc3)c(=O)c2Cl)CC1. The summed E-state index contributed by atoms with van der Waals surface area (Å²) in [6, 6.07) is 14.8. The summed E-state index contributed by atoms with van der Waals surface area (Å²) in [7, 11) is 0. The largest absolute Gasteiger partial charge is 0.486 e. The van der Waals surface area contributed by atoms with Crippen LogP contribution in [0, 0.1) is 0 Å². The first-order chi connectivity index (χ1) is 16.1. The predicted molar refractivity (Wildman–Crippen MR) is 125 cm³/mol. The normalized spacial score (nSPS) is 15.4. The first kappa shape index (κ1) is 21.3. The number of carbonyl (C=O) groups excluding carboxylic acids is 1. The Balaban J connectivity index is 1.23. The van der Waals surface area contributed by atoms with Gasteiger partial charge in [0, 0.05) is 26.2 Å². The number of benzene rings is 2. The van der Waals surface area contributed by atoms with E-state index >= 15 is 0 Å². The molecule has 1 aromatic heterocycles. The van der Waals surface area contributed by atoms with E-state index < -0.39 is 0 Å². The van der Waals surface area contributed by atoms with Crippen molar-refractivity contribution in [2.75, 3.05) is 44.3 Å². The molecule has 3 heterocycles. The number of aromatic nitrogens is 2. The fourth-order valence-corrected chi connectivity index (χ4v) is 4.33. The summed E-state index contributed by atoms with van der Waals surface area (Å²) in [6.45, 7) is 3.28. The van der Waals surface area contributed by atoms with Crippen molar-refractivity contribution in [2.24, 2.45) is 0 Å². The summed E-state index contributed by atoms with van der Waals surface area (Å²) in [5, 5.41) is 4.43. The Bertz CT molecular complexity index is 1220. The molecule has 0 saturated carbocycles. The van der Waals surface area contributed by atoms with Crippen molar-refractivity contribution in [1.82, 2.24) is 14.7 Å². The molecule has 0 aliphatic carbocycles. The summed E-state index contributed by atoms with van der Waals surface area (Å²) in [5.41, 5.74) is 1.78. The molecule has 8 nitrogen and oxygen atoms in total. The van der Waals surface area contributed by atoms with Crippen molar-refractivity contribution < 1.29 is 14.3 Å². The second-order valence-corrected chi connectivity index (χ2v) is 8.30. The molecule has 3 aromatic rings. The lowest BCUT2D eigenvalue weighted by Crippen LogP contribution is -2.49. The molecule has 5 rings (SSSR count). The smallest absolute Gasteiger partial charge is 0.292 e. The molecular weight excluding hydrogens is 444 g/mol. The zero-order valence-corrected chi connectivity index (χ0v) is 18.7. The third-order valence-corrected chi connectivity index (χ3v) is 6.19. The monoisotopic (exact) mass is 466 g/mol. The topological polar surface area (TPSA) is 76.9 Å². The maximum atomic E-state index is 12.8. The second-order valence-electron chi connectivity index (χ2n) is 7.92. The lowest BCUT2D eigenvalue weighted by molar-refractivity contribution is -0.130. The fourth-order valence-electron chi connectivity index (χ4n) is 4.08. The van der Waals surface area contributed by atoms with Gasteiger partial charge in [-0.3, -0.25) is 9.59 Å². The Morgan fingerprint density at radius 3 is 2.45 bits per heavy atom. The number of hydrogen-bond donors (Lipinski definition) is 0. The van der Waals surface area contributed by atoms with Crippen molar-refractivity contribution in [3.63, 3.8) is 0 Å². The fraction of sp³-hybridized carbons (Fsp3) is 0.292. The molecule has 33 heavy (non-hydrogen) atoms. The Morgan fingerprint density at radius 1 is 0.970 bits per heavy atom. The number of anilines is 1. The highest BCUT2D eigenvalue weighted by atomic mass is 35.5. The summed E-state index contributed by atoms with van der Waals surface area (Å²) in [5.74, 6) is 1.45. The molecule has 2 aromatic carbocycles. The Kier molecular flexibility index (Phi) is 5.92. The summed E-state index contributed by atoms with van der Waals surface area (Å²) >= 11 is 6.43. The van der Waals surface area contributed by atoms with E-state index in [0.29, 0.717) is 68.7 Å². The molecule has 2 aliphatic heterocycles. The Hall–Kier alpha value is -3.52. The number of para-hydroxylation sites is 1. The van der Waals surface area contributed by atoms with Crippen LogP contribution in [0.3, 0.4) is 0 Å². The number of fused-ring (bicyclic) bond motifs is 1. The van der Waals surface area contributed by atoms with Gasteiger partial charge in [0.25, 0.3) is 5.56 Å². The van der Waals surface area contributed by atoms with E-state index in [2.05, 4.69) is 5.10 Å². The van der Waals surface area contributed by atoms with E-state index in [1.807, 2.05) is 46.2 Å². The van der Waals surface area contributed by atoms with Crippen molar-refractivity contribution in [3.05, 3.63) is 75.7 Å². The minimum Gasteiger partial charge on any atom is -0.486 e. The lowest BCUT2D eigenvalue weighted by atomic mass is 10.1. The van der Waals surface area contributed by atoms with Gasteiger partial charge in [-0.1, -0.05) is 35.9 Å². The van der Waals surface area contributed by atoms with Gasteiger partial charge in [-0.05, 0) is 29.8 Å². The molecule has 9 heteroatoms. The highest BCUT2D eigenvalue weighted by Crippen LogP contribution is 2.31. The van der Waals surface area contributed by atoms with Gasteiger partial charge in [-0.25, -0.2) is 0 Å². The van der Waals surface area contributed by atoms with Crippen LogP contribution in [0.15, 0.2) is 59.5 Å². The molecule has 1 fully saturated rings. The van der Waals surface area contributed by atoms with Crippen LogP contribution >= 0.6 is 11.6 Å². The van der Waals surface area contributed by atoms with Crippen molar-refractivity contribution in [3.8, 4) is 17.2 Å². The average Bonchev–Trinajstić information content (AvgIpc) is 2.86. The zero-order valence-electron chi connectivity index (χ0n) is 17.9. The van der Waals surface area contributed by atoms with E-state index in [0.717, 1.165) is 5.56 Å². The third kappa shape index (κ3) is 4.39. The van der Waals surface area contributed by atoms with Crippen LogP contribution in [0.25, 0.3) is 5.69 Å². The van der Waals surface area contributed by atoms with Crippen LogP contribution in [0.5, 0.6) is 11.5 Å². The van der Waals surface area contributed by atoms with Crippen molar-refractivity contribution >= 4 is 23.2 Å². The van der Waals surface area contributed by atoms with E-state index in [1.165, 1.54) is 4.68 Å². The number of ether oxygens (including phenoxy) is 2. The number of nitrogens with zero attached hydrogens (tertiary/aromatic N) is 4. The zero-order chi connectivity index (χ0) is 22.8. The number of halogens is 1. The quantitative estimate of drug-likeness (QED) is 0.588. The van der Waals surface area contributed by atoms with Crippen molar-refractivity contribution in [2.45, 2.75) is 6.42 Å². The molecule has 0 bridgehead atoms. The standard InChI is InChI=1S/C24H23ClN4O4/c25-23-19(16-26-29(24(23)31)18-4-2-1-3-5-18)27-8-10-28(11-9-27)22(30)15-17-6-7-20-21(14-17)33-13-12-32-20/h1-7,14,16H,8-13,15H2. The van der Waals surface area contributed by atoms with Gasteiger partial charge in [-0.2, -0.15) is 9.78 Å². The van der Waals surface area contributed by atoms with Gasteiger partial charge in [0.05, 0.1) is 24.0 Å². The van der Waals surface area contributed by atoms with Gasteiger partial charge in [0.15, 0.2) is 11.5 Å². The van der Waals surface area contributed by atoms with E-state index in [9.17, 15) is 9.59 Å². The minimum atomic E-state index is -0.363. The molecule has 0 N–H and O–H groups in total. The molecular formula is C24H23ClN4O4. The highest BCUT2D eigenvalue weighted by Gasteiger charge is 2.24. The number of hydrogen-bond acceptors (Lipinski definition) is 6. The maximum Gasteiger partial charge on any atom is 0.292 e. The van der Waals surface area contributed by atoms with Crippen LogP contribution in [0.4, 0.5) is 5.69 Å². The molecule has 1 amide bonds. The predicted octanol–water partition coefficient (Wildman–Crippen LogP) is 2.55. The van der Waals surface area contributed by atoms with Gasteiger partial charge < -0.3 is 19.3 Å². The van der Waals surface area contributed by atoms with Crippen LogP contribution in [-0.2, 0) is 11.2 Å². The molecule has 170 valence electrons. The average molecular weight is 467 g/mol. The first-order valence-electron chi connectivity index (χ1n) is 10.8. The van der Waals surface area contributed by atoms with Gasteiger partial charge in [0.1, 0.15) is 18.2 Å². The number of amides is 1. The Morgan fingerprint density at radius 2 is 1.70 bits per heavy atom. The van der Waals surface area contributed by atoms with E-state index in [-0.39, 0.29) is 16.5 Å². The Labute approximate surface area is 195 Å². The summed E-state index contributed by atoms with van der Waals surface area (Å²) < 4.78 is 12.4. The van der Waals surface area contributed by atoms with Crippen molar-refractivity contribution in [1.29, 1.82) is 0 Å².